The molecule has 0 saturated carbocycles. The van der Waals surface area contributed by atoms with Crippen LogP contribution in [-0.2, 0) is 10.0 Å². The Morgan fingerprint density at radius 3 is 2.56 bits per heavy atom. The highest BCUT2D eigenvalue weighted by atomic mass is 32.2. The Bertz CT molecular complexity index is 1170. The summed E-state index contributed by atoms with van der Waals surface area (Å²) in [6, 6.07) is 6.92. The molecule has 2 aromatic heterocycles. The van der Waals surface area contributed by atoms with Crippen LogP contribution in [0, 0.1) is 0 Å². The summed E-state index contributed by atoms with van der Waals surface area (Å²) in [6.07, 6.45) is 2.52. The lowest BCUT2D eigenvalue weighted by Gasteiger charge is -2.12. The molecular formula is C15H17N5O4S. The lowest BCUT2D eigenvalue weighted by molar-refractivity contribution is 0.538. The van der Waals surface area contributed by atoms with Crippen LogP contribution < -0.4 is 16.1 Å². The maximum absolute atomic E-state index is 12.6. The van der Waals surface area contributed by atoms with Crippen LogP contribution in [0.5, 0.6) is 0 Å². The van der Waals surface area contributed by atoms with Crippen molar-refractivity contribution in [2.24, 2.45) is 0 Å². The van der Waals surface area contributed by atoms with Gasteiger partial charge in [0, 0.05) is 17.8 Å². The summed E-state index contributed by atoms with van der Waals surface area (Å²) in [5.41, 5.74) is 0.254. The summed E-state index contributed by atoms with van der Waals surface area (Å²) in [6.45, 7) is 3.97. The number of nitrogens with one attached hydrogen (secondary N) is 2. The quantitative estimate of drug-likeness (QED) is 0.705. The van der Waals surface area contributed by atoms with Crippen LogP contribution in [0.4, 0.5) is 0 Å². The summed E-state index contributed by atoms with van der Waals surface area (Å²) in [7, 11) is -3.78. The van der Waals surface area contributed by atoms with Crippen molar-refractivity contribution in [1.29, 1.82) is 0 Å². The van der Waals surface area contributed by atoms with E-state index in [-0.39, 0.29) is 11.4 Å². The molecule has 10 heteroatoms. The Labute approximate surface area is 142 Å². The van der Waals surface area contributed by atoms with Crippen molar-refractivity contribution in [3.63, 3.8) is 0 Å². The van der Waals surface area contributed by atoms with Crippen molar-refractivity contribution >= 4 is 20.9 Å². The lowest BCUT2D eigenvalue weighted by atomic mass is 10.1. The summed E-state index contributed by atoms with van der Waals surface area (Å²) >= 11 is 0. The van der Waals surface area contributed by atoms with Crippen molar-refractivity contribution in [2.75, 3.05) is 11.1 Å². The predicted octanol–water partition coefficient (Wildman–Crippen LogP) is 0.637. The number of aromatic amines is 1. The largest absolute Gasteiger partial charge is 0.348 e. The van der Waals surface area contributed by atoms with E-state index in [4.69, 9.17) is 0 Å². The van der Waals surface area contributed by atoms with Gasteiger partial charge in [0.15, 0.2) is 0 Å². The minimum atomic E-state index is -3.78. The number of nitrogens with zero attached hydrogens (tertiary/aromatic N) is 3. The molecule has 0 aliphatic heterocycles. The summed E-state index contributed by atoms with van der Waals surface area (Å²) in [5.74, 6) is 0. The molecule has 0 saturated heterocycles. The summed E-state index contributed by atoms with van der Waals surface area (Å²) in [4.78, 5) is 28.9. The molecule has 3 rings (SSSR count). The molecule has 2 heterocycles. The second-order valence-electron chi connectivity index (χ2n) is 5.95. The first-order chi connectivity index (χ1) is 11.7. The van der Waals surface area contributed by atoms with Crippen LogP contribution in [0.25, 0.3) is 22.2 Å². The molecule has 0 radical (unpaired) electrons. The van der Waals surface area contributed by atoms with Gasteiger partial charge in [-0.3, -0.25) is 9.48 Å². The number of fused-ring (bicyclic) bond motifs is 1. The number of benzene rings is 1. The third-order valence-electron chi connectivity index (χ3n) is 3.61. The van der Waals surface area contributed by atoms with E-state index in [1.54, 1.807) is 29.1 Å². The highest BCUT2D eigenvalue weighted by molar-refractivity contribution is 7.91. The third kappa shape index (κ3) is 3.20. The Balaban J connectivity index is 2.25. The zero-order chi connectivity index (χ0) is 18.4. The van der Waals surface area contributed by atoms with Gasteiger partial charge in [0.1, 0.15) is 0 Å². The SMILES string of the molecule is CC(C)n1nccc1-c1ccc2[nH]c(=O)n(NS(C)(=O)=O)c(=O)c2c1. The standard InChI is InChI=1S/C15H17N5O4S/c1-9(2)19-13(6-7-16-19)10-4-5-12-11(8-10)14(21)20(15(22)17-12)18-25(3,23)24/h4-9,18H,1-3H3,(H,17,22). The number of hydrogen-bond acceptors (Lipinski definition) is 5. The fourth-order valence-electron chi connectivity index (χ4n) is 2.58. The third-order valence-corrected chi connectivity index (χ3v) is 4.12. The molecule has 0 spiro atoms. The van der Waals surface area contributed by atoms with Crippen LogP contribution >= 0.6 is 0 Å². The van der Waals surface area contributed by atoms with Gasteiger partial charge in [-0.1, -0.05) is 6.07 Å². The van der Waals surface area contributed by atoms with Crippen LogP contribution in [0.2, 0.25) is 0 Å². The van der Waals surface area contributed by atoms with Crippen molar-refractivity contribution in [1.82, 2.24) is 19.4 Å². The minimum Gasteiger partial charge on any atom is -0.305 e. The van der Waals surface area contributed by atoms with Gasteiger partial charge >= 0.3 is 5.69 Å². The van der Waals surface area contributed by atoms with E-state index in [1.807, 2.05) is 24.7 Å². The van der Waals surface area contributed by atoms with Crippen LogP contribution in [0.3, 0.4) is 0 Å². The molecule has 132 valence electrons. The molecule has 0 fully saturated rings. The minimum absolute atomic E-state index is 0.125. The van der Waals surface area contributed by atoms with E-state index in [9.17, 15) is 18.0 Å². The van der Waals surface area contributed by atoms with Gasteiger partial charge in [-0.05, 0) is 32.0 Å². The number of hydrogen-bond donors (Lipinski definition) is 2. The van der Waals surface area contributed by atoms with Crippen LogP contribution in [0.1, 0.15) is 19.9 Å². The average Bonchev–Trinajstić information content (AvgIpc) is 3.00. The molecule has 2 N–H and O–H groups in total. The van der Waals surface area contributed by atoms with Crippen molar-refractivity contribution in [2.45, 2.75) is 19.9 Å². The van der Waals surface area contributed by atoms with Gasteiger partial charge in [0.05, 0.1) is 22.9 Å². The van der Waals surface area contributed by atoms with E-state index in [1.165, 1.54) is 0 Å². The van der Waals surface area contributed by atoms with E-state index in [2.05, 4.69) is 10.1 Å². The topological polar surface area (TPSA) is 119 Å². The molecule has 0 amide bonds. The molecule has 1 aromatic carbocycles. The molecular weight excluding hydrogens is 346 g/mol. The molecule has 0 aliphatic rings. The maximum Gasteiger partial charge on any atom is 0.348 e. The molecule has 3 aromatic rings. The van der Waals surface area contributed by atoms with Crippen LogP contribution in [-0.4, -0.2) is 34.1 Å². The van der Waals surface area contributed by atoms with Crippen LogP contribution in [0.15, 0.2) is 40.1 Å². The van der Waals surface area contributed by atoms with E-state index < -0.39 is 21.3 Å². The average molecular weight is 363 g/mol. The second-order valence-corrected chi connectivity index (χ2v) is 7.68. The van der Waals surface area contributed by atoms with Gasteiger partial charge in [0.2, 0.25) is 10.0 Å². The van der Waals surface area contributed by atoms with E-state index in [0.29, 0.717) is 10.2 Å². The predicted molar refractivity (Wildman–Crippen MR) is 94.6 cm³/mol. The first kappa shape index (κ1) is 17.0. The van der Waals surface area contributed by atoms with Gasteiger partial charge in [0.25, 0.3) is 5.56 Å². The number of H-pyrrole nitrogens is 1. The molecule has 25 heavy (non-hydrogen) atoms. The van der Waals surface area contributed by atoms with Gasteiger partial charge in [-0.25, -0.2) is 18.0 Å². The number of rotatable bonds is 4. The normalized spacial score (nSPS) is 12.0. The van der Waals surface area contributed by atoms with Gasteiger partial charge in [-0.2, -0.15) is 9.77 Å². The molecule has 0 aliphatic carbocycles. The Morgan fingerprint density at radius 1 is 1.20 bits per heavy atom. The van der Waals surface area contributed by atoms with Crippen molar-refractivity contribution < 1.29 is 8.42 Å². The molecule has 0 bridgehead atoms. The Morgan fingerprint density at radius 2 is 1.92 bits per heavy atom. The van der Waals surface area contributed by atoms with E-state index in [0.717, 1.165) is 17.5 Å². The second kappa shape index (κ2) is 5.88. The number of aromatic nitrogens is 4. The zero-order valence-electron chi connectivity index (χ0n) is 13.8. The van der Waals surface area contributed by atoms with Crippen molar-refractivity contribution in [3.05, 3.63) is 51.3 Å². The molecule has 0 unspecified atom stereocenters. The molecule has 9 nitrogen and oxygen atoms in total. The fraction of sp³-hybridized carbons (Fsp3) is 0.267. The van der Waals surface area contributed by atoms with E-state index >= 15 is 0 Å². The number of sulfonamides is 1. The lowest BCUT2D eigenvalue weighted by Crippen LogP contribution is -2.43. The zero-order valence-corrected chi connectivity index (χ0v) is 14.7. The molecule has 0 atom stereocenters. The first-order valence-corrected chi connectivity index (χ1v) is 9.37. The smallest absolute Gasteiger partial charge is 0.305 e. The summed E-state index contributed by atoms with van der Waals surface area (Å²) < 4.78 is 25.0. The monoisotopic (exact) mass is 363 g/mol. The summed E-state index contributed by atoms with van der Waals surface area (Å²) in [5, 5.41) is 4.44. The highest BCUT2D eigenvalue weighted by Crippen LogP contribution is 2.23. The highest BCUT2D eigenvalue weighted by Gasteiger charge is 2.14. The first-order valence-electron chi connectivity index (χ1n) is 7.48. The van der Waals surface area contributed by atoms with Crippen molar-refractivity contribution in [3.8, 4) is 11.3 Å². The van der Waals surface area contributed by atoms with Gasteiger partial charge < -0.3 is 4.98 Å². The Kier molecular flexibility index (Phi) is 3.99. The maximum atomic E-state index is 12.6. The Hall–Kier alpha value is -2.88. The van der Waals surface area contributed by atoms with Gasteiger partial charge in [-0.15, -0.1) is 0 Å². The fourth-order valence-corrected chi connectivity index (χ4v) is 3.07.